The molecule has 5 nitrogen and oxygen atoms in total. The fraction of sp³-hybridized carbons (Fsp3) is 0.261. The fourth-order valence-corrected chi connectivity index (χ4v) is 3.80. The molecule has 1 radical (unpaired) electrons. The molecule has 0 spiro atoms. The van der Waals surface area contributed by atoms with Crippen molar-refractivity contribution in [3.63, 3.8) is 0 Å². The number of benzene rings is 2. The molecule has 3 unspecified atom stereocenters. The van der Waals surface area contributed by atoms with Gasteiger partial charge < -0.3 is 15.2 Å². The second-order valence-corrected chi connectivity index (χ2v) is 7.75. The Labute approximate surface area is 175 Å². The standard InChI is InChI=1S/C23H25N2O3S/c1-2-21(26)22(25-23(27)28-15-19-14-24-16-29-19)20(18-11-7-4-8-12-18)13-17-9-5-3-6-10-17/h3-12,14,16,20-22,26H,1-2,13,15H2,(H,25,27). The number of aliphatic hydroxyl groups is 1. The molecule has 3 aromatic rings. The molecule has 2 N–H and O–H groups in total. The third-order valence-corrected chi connectivity index (χ3v) is 5.54. The first-order chi connectivity index (χ1) is 14.2. The van der Waals surface area contributed by atoms with Gasteiger partial charge >= 0.3 is 6.09 Å². The molecule has 1 aromatic heterocycles. The number of nitrogens with zero attached hydrogens (tertiary/aromatic N) is 1. The Morgan fingerprint density at radius 3 is 2.45 bits per heavy atom. The van der Waals surface area contributed by atoms with Crippen LogP contribution in [0.2, 0.25) is 0 Å². The van der Waals surface area contributed by atoms with Gasteiger partial charge in [0, 0.05) is 12.1 Å². The molecule has 2 aromatic carbocycles. The molecule has 0 bridgehead atoms. The number of alkyl carbamates (subject to hydrolysis) is 1. The van der Waals surface area contributed by atoms with Gasteiger partial charge in [-0.25, -0.2) is 4.79 Å². The van der Waals surface area contributed by atoms with E-state index in [1.54, 1.807) is 11.7 Å². The van der Waals surface area contributed by atoms with Crippen LogP contribution in [-0.2, 0) is 17.8 Å². The van der Waals surface area contributed by atoms with Gasteiger partial charge in [0.1, 0.15) is 6.61 Å². The molecule has 0 saturated heterocycles. The third-order valence-electron chi connectivity index (χ3n) is 4.78. The van der Waals surface area contributed by atoms with E-state index in [1.165, 1.54) is 11.3 Å². The predicted octanol–water partition coefficient (Wildman–Crippen LogP) is 4.35. The highest BCUT2D eigenvalue weighted by Gasteiger charge is 2.31. The smallest absolute Gasteiger partial charge is 0.407 e. The maximum Gasteiger partial charge on any atom is 0.407 e. The number of aromatic nitrogens is 1. The number of carbonyl (C=O) groups excluding carboxylic acids is 1. The minimum absolute atomic E-state index is 0.133. The summed E-state index contributed by atoms with van der Waals surface area (Å²) >= 11 is 1.42. The molecule has 0 aliphatic rings. The monoisotopic (exact) mass is 409 g/mol. The summed E-state index contributed by atoms with van der Waals surface area (Å²) in [4.78, 5) is 17.3. The van der Waals surface area contributed by atoms with Gasteiger partial charge in [0.05, 0.1) is 22.5 Å². The second kappa shape index (κ2) is 10.7. The molecule has 151 valence electrons. The average molecular weight is 410 g/mol. The van der Waals surface area contributed by atoms with Crippen molar-refractivity contribution in [3.05, 3.63) is 95.3 Å². The maximum atomic E-state index is 12.5. The number of hydrogen-bond acceptors (Lipinski definition) is 5. The minimum atomic E-state index is -0.806. The van der Waals surface area contributed by atoms with E-state index in [4.69, 9.17) is 4.74 Å². The van der Waals surface area contributed by atoms with Gasteiger partial charge in [-0.05, 0) is 24.0 Å². The van der Waals surface area contributed by atoms with E-state index >= 15 is 0 Å². The largest absolute Gasteiger partial charge is 0.444 e. The van der Waals surface area contributed by atoms with Crippen molar-refractivity contribution >= 4 is 17.4 Å². The van der Waals surface area contributed by atoms with E-state index in [-0.39, 0.29) is 18.9 Å². The molecule has 3 rings (SSSR count). The van der Waals surface area contributed by atoms with Crippen LogP contribution in [-0.4, -0.2) is 28.3 Å². The first-order valence-corrected chi connectivity index (χ1v) is 10.4. The number of amides is 1. The Morgan fingerprint density at radius 1 is 1.14 bits per heavy atom. The molecule has 1 amide bonds. The van der Waals surface area contributed by atoms with Gasteiger partial charge in [-0.1, -0.05) is 67.6 Å². The van der Waals surface area contributed by atoms with E-state index in [0.717, 1.165) is 16.0 Å². The number of hydrogen-bond donors (Lipinski definition) is 2. The molecule has 0 aliphatic heterocycles. The zero-order valence-electron chi connectivity index (χ0n) is 16.1. The first kappa shape index (κ1) is 21.0. The number of aliphatic hydroxyl groups excluding tert-OH is 1. The topological polar surface area (TPSA) is 71.5 Å². The average Bonchev–Trinajstić information content (AvgIpc) is 3.29. The van der Waals surface area contributed by atoms with Crippen molar-refractivity contribution in [2.45, 2.75) is 37.5 Å². The highest BCUT2D eigenvalue weighted by atomic mass is 32.1. The van der Waals surface area contributed by atoms with Gasteiger partial charge in [0.2, 0.25) is 0 Å². The van der Waals surface area contributed by atoms with Crippen LogP contribution in [0.3, 0.4) is 0 Å². The lowest BCUT2D eigenvalue weighted by Gasteiger charge is -2.31. The number of rotatable bonds is 9. The van der Waals surface area contributed by atoms with Gasteiger partial charge in [-0.3, -0.25) is 4.98 Å². The Balaban J connectivity index is 1.80. The highest BCUT2D eigenvalue weighted by molar-refractivity contribution is 7.09. The zero-order valence-corrected chi connectivity index (χ0v) is 16.9. The summed E-state index contributed by atoms with van der Waals surface area (Å²) < 4.78 is 5.34. The normalized spacial score (nSPS) is 14.0. The van der Waals surface area contributed by atoms with Crippen LogP contribution in [0, 0.1) is 6.92 Å². The molecule has 0 aliphatic carbocycles. The number of thiazole rings is 1. The van der Waals surface area contributed by atoms with Crippen LogP contribution in [0.5, 0.6) is 0 Å². The van der Waals surface area contributed by atoms with E-state index in [2.05, 4.69) is 17.2 Å². The minimum Gasteiger partial charge on any atom is -0.444 e. The van der Waals surface area contributed by atoms with Gasteiger partial charge in [-0.2, -0.15) is 0 Å². The Hall–Kier alpha value is -2.70. The molecule has 0 saturated carbocycles. The number of carbonyl (C=O) groups is 1. The molecular formula is C23H25N2O3S. The van der Waals surface area contributed by atoms with Crippen molar-refractivity contribution in [3.8, 4) is 0 Å². The zero-order chi connectivity index (χ0) is 20.5. The Morgan fingerprint density at radius 2 is 1.83 bits per heavy atom. The van der Waals surface area contributed by atoms with Crippen molar-refractivity contribution in [1.82, 2.24) is 10.3 Å². The van der Waals surface area contributed by atoms with Crippen LogP contribution in [0.4, 0.5) is 4.79 Å². The molecule has 6 heteroatoms. The quantitative estimate of drug-likeness (QED) is 0.551. The Bertz CT molecular complexity index is 856. The molecule has 1 heterocycles. The molecule has 29 heavy (non-hydrogen) atoms. The lowest BCUT2D eigenvalue weighted by molar-refractivity contribution is 0.0935. The van der Waals surface area contributed by atoms with Crippen LogP contribution < -0.4 is 5.32 Å². The van der Waals surface area contributed by atoms with Crippen LogP contribution in [0.15, 0.2) is 72.4 Å². The number of nitrogens with one attached hydrogen (secondary N) is 1. The van der Waals surface area contributed by atoms with Crippen LogP contribution >= 0.6 is 11.3 Å². The molecule has 0 fully saturated rings. The summed E-state index contributed by atoms with van der Waals surface area (Å²) in [5.74, 6) is -0.133. The first-order valence-electron chi connectivity index (χ1n) is 9.54. The predicted molar refractivity (Wildman–Crippen MR) is 115 cm³/mol. The SMILES string of the molecule is [CH2]CC(O)C(NC(=O)OCc1cncs1)C(Cc1ccccc1)c1ccccc1. The number of ether oxygens (including phenoxy) is 1. The van der Waals surface area contributed by atoms with Crippen molar-refractivity contribution < 1.29 is 14.6 Å². The van der Waals surface area contributed by atoms with E-state index in [9.17, 15) is 9.90 Å². The van der Waals surface area contributed by atoms with Gasteiger partial charge in [-0.15, -0.1) is 11.3 Å². The fourth-order valence-electron chi connectivity index (χ4n) is 3.29. The summed E-state index contributed by atoms with van der Waals surface area (Å²) in [7, 11) is 0. The molecular weight excluding hydrogens is 384 g/mol. The highest BCUT2D eigenvalue weighted by Crippen LogP contribution is 2.27. The Kier molecular flexibility index (Phi) is 7.78. The van der Waals surface area contributed by atoms with Crippen LogP contribution in [0.1, 0.15) is 28.3 Å². The molecule has 3 atom stereocenters. The maximum absolute atomic E-state index is 12.5. The lowest BCUT2D eigenvalue weighted by Crippen LogP contribution is -2.47. The van der Waals surface area contributed by atoms with Gasteiger partial charge in [0.25, 0.3) is 0 Å². The van der Waals surface area contributed by atoms with E-state index < -0.39 is 18.2 Å². The summed E-state index contributed by atoms with van der Waals surface area (Å²) in [5, 5.41) is 13.6. The van der Waals surface area contributed by atoms with E-state index in [0.29, 0.717) is 6.42 Å². The summed E-state index contributed by atoms with van der Waals surface area (Å²) in [6.45, 7) is 3.99. The van der Waals surface area contributed by atoms with Crippen LogP contribution in [0.25, 0.3) is 0 Å². The van der Waals surface area contributed by atoms with Crippen molar-refractivity contribution in [1.29, 1.82) is 0 Å². The van der Waals surface area contributed by atoms with E-state index in [1.807, 2.05) is 60.7 Å². The third kappa shape index (κ3) is 6.14. The van der Waals surface area contributed by atoms with Gasteiger partial charge in [0.15, 0.2) is 0 Å². The van der Waals surface area contributed by atoms with Crippen molar-refractivity contribution in [2.24, 2.45) is 0 Å². The summed E-state index contributed by atoms with van der Waals surface area (Å²) in [6, 6.07) is 19.4. The van der Waals surface area contributed by atoms with Crippen molar-refractivity contribution in [2.75, 3.05) is 0 Å². The summed E-state index contributed by atoms with van der Waals surface area (Å²) in [6.07, 6.45) is 1.24. The summed E-state index contributed by atoms with van der Waals surface area (Å²) in [5.41, 5.74) is 3.86. The second-order valence-electron chi connectivity index (χ2n) is 6.78. The lowest BCUT2D eigenvalue weighted by atomic mass is 9.82.